The average Bonchev–Trinajstić information content (AvgIpc) is 3.53. The van der Waals surface area contributed by atoms with Crippen molar-refractivity contribution in [1.82, 2.24) is 20.1 Å². The minimum absolute atomic E-state index is 0.147. The number of nitrogens with one attached hydrogen (secondary N) is 1. The lowest BCUT2D eigenvalue weighted by Gasteiger charge is -2.12. The molecule has 1 aromatic carbocycles. The van der Waals surface area contributed by atoms with Gasteiger partial charge in [-0.1, -0.05) is 48.2 Å². The van der Waals surface area contributed by atoms with Gasteiger partial charge in [0.1, 0.15) is 0 Å². The molecule has 6 nitrogen and oxygen atoms in total. The lowest BCUT2D eigenvalue weighted by molar-refractivity contribution is -0.116. The molecular formula is C22H24N4O2S2. The van der Waals surface area contributed by atoms with E-state index in [9.17, 15) is 4.79 Å². The van der Waals surface area contributed by atoms with Crippen LogP contribution >= 0.6 is 23.1 Å². The van der Waals surface area contributed by atoms with Gasteiger partial charge >= 0.3 is 0 Å². The highest BCUT2D eigenvalue weighted by atomic mass is 32.2. The van der Waals surface area contributed by atoms with E-state index in [2.05, 4.69) is 32.2 Å². The van der Waals surface area contributed by atoms with Crippen LogP contribution in [0.2, 0.25) is 0 Å². The smallest absolute Gasteiger partial charge is 0.244 e. The predicted octanol–water partition coefficient (Wildman–Crippen LogP) is 3.99. The number of benzene rings is 1. The van der Waals surface area contributed by atoms with Gasteiger partial charge in [0, 0.05) is 23.3 Å². The second-order valence-electron chi connectivity index (χ2n) is 6.98. The highest BCUT2D eigenvalue weighted by Crippen LogP contribution is 2.24. The number of hydrogen-bond acceptors (Lipinski definition) is 6. The van der Waals surface area contributed by atoms with Crippen LogP contribution in [0.5, 0.6) is 0 Å². The number of hydrogen-bond donors (Lipinski definition) is 1. The standard InChI is InChI=1S/C22H24N4O2S2/c27-21(11-10-19-9-5-13-29-19)23-14-20-24-25-22(30-16-18-8-4-12-28-18)26(20)15-17-6-2-1-3-7-17/h1-3,5-7,9-11,13,18H,4,8,12,14-16H2,(H,23,27)/b11-10+. The zero-order chi connectivity index (χ0) is 20.6. The van der Waals surface area contributed by atoms with Crippen molar-refractivity contribution >= 4 is 35.1 Å². The SMILES string of the molecule is O=C(/C=C/c1cccs1)NCc1nnc(SCC2CCCO2)n1Cc1ccccc1. The first kappa shape index (κ1) is 20.8. The number of carbonyl (C=O) groups is 1. The summed E-state index contributed by atoms with van der Waals surface area (Å²) >= 11 is 3.26. The van der Waals surface area contributed by atoms with E-state index < -0.39 is 0 Å². The molecular weight excluding hydrogens is 416 g/mol. The first-order chi connectivity index (χ1) is 14.8. The van der Waals surface area contributed by atoms with Crippen molar-refractivity contribution in [2.75, 3.05) is 12.4 Å². The maximum Gasteiger partial charge on any atom is 0.244 e. The normalized spacial score (nSPS) is 16.3. The fourth-order valence-electron chi connectivity index (χ4n) is 3.19. The Morgan fingerprint density at radius 2 is 2.17 bits per heavy atom. The maximum atomic E-state index is 12.2. The predicted molar refractivity (Wildman–Crippen MR) is 120 cm³/mol. The third kappa shape index (κ3) is 5.81. The second kappa shape index (κ2) is 10.6. The Morgan fingerprint density at radius 1 is 1.27 bits per heavy atom. The van der Waals surface area contributed by atoms with Crippen molar-refractivity contribution in [3.05, 3.63) is 70.2 Å². The van der Waals surface area contributed by atoms with Crippen LogP contribution < -0.4 is 5.32 Å². The number of aromatic nitrogens is 3. The van der Waals surface area contributed by atoms with Crippen molar-refractivity contribution in [3.8, 4) is 0 Å². The van der Waals surface area contributed by atoms with Gasteiger partial charge in [0.15, 0.2) is 11.0 Å². The summed E-state index contributed by atoms with van der Waals surface area (Å²) in [5.74, 6) is 1.46. The molecule has 4 rings (SSSR count). The Balaban J connectivity index is 1.43. The van der Waals surface area contributed by atoms with Crippen molar-refractivity contribution in [3.63, 3.8) is 0 Å². The molecule has 3 heterocycles. The molecule has 1 N–H and O–H groups in total. The van der Waals surface area contributed by atoms with Gasteiger partial charge in [-0.15, -0.1) is 21.5 Å². The Labute approximate surface area is 184 Å². The van der Waals surface area contributed by atoms with Crippen LogP contribution in [0.3, 0.4) is 0 Å². The highest BCUT2D eigenvalue weighted by molar-refractivity contribution is 7.99. The van der Waals surface area contributed by atoms with E-state index in [1.807, 2.05) is 41.8 Å². The van der Waals surface area contributed by atoms with E-state index in [1.165, 1.54) is 5.56 Å². The van der Waals surface area contributed by atoms with E-state index in [0.717, 1.165) is 41.1 Å². The fraction of sp³-hybridized carbons (Fsp3) is 0.318. The average molecular weight is 441 g/mol. The van der Waals surface area contributed by atoms with E-state index >= 15 is 0 Å². The Kier molecular flexibility index (Phi) is 7.34. The topological polar surface area (TPSA) is 69.0 Å². The highest BCUT2D eigenvalue weighted by Gasteiger charge is 2.19. The van der Waals surface area contributed by atoms with E-state index in [0.29, 0.717) is 13.1 Å². The molecule has 1 atom stereocenters. The molecule has 1 amide bonds. The number of nitrogens with zero attached hydrogens (tertiary/aromatic N) is 3. The van der Waals surface area contributed by atoms with Crippen LogP contribution in [0.4, 0.5) is 0 Å². The molecule has 1 saturated heterocycles. The largest absolute Gasteiger partial charge is 0.377 e. The quantitative estimate of drug-likeness (QED) is 0.403. The molecule has 0 aliphatic carbocycles. The van der Waals surface area contributed by atoms with Crippen LogP contribution in [0.1, 0.15) is 29.1 Å². The third-order valence-corrected chi connectivity index (χ3v) is 6.70. The monoisotopic (exact) mass is 440 g/mol. The van der Waals surface area contributed by atoms with Crippen molar-refractivity contribution in [1.29, 1.82) is 0 Å². The summed E-state index contributed by atoms with van der Waals surface area (Å²) in [7, 11) is 0. The number of ether oxygens (including phenoxy) is 1. The van der Waals surface area contributed by atoms with Crippen molar-refractivity contribution in [2.45, 2.75) is 37.2 Å². The molecule has 1 unspecified atom stereocenters. The van der Waals surface area contributed by atoms with E-state index in [-0.39, 0.29) is 12.0 Å². The molecule has 3 aromatic rings. The zero-order valence-electron chi connectivity index (χ0n) is 16.6. The lowest BCUT2D eigenvalue weighted by Crippen LogP contribution is -2.23. The summed E-state index contributed by atoms with van der Waals surface area (Å²) in [5.41, 5.74) is 1.17. The molecule has 1 aliphatic rings. The summed E-state index contributed by atoms with van der Waals surface area (Å²) in [5, 5.41) is 14.5. The summed E-state index contributed by atoms with van der Waals surface area (Å²) in [6, 6.07) is 14.2. The van der Waals surface area contributed by atoms with Crippen LogP contribution in [0, 0.1) is 0 Å². The Morgan fingerprint density at radius 3 is 2.93 bits per heavy atom. The zero-order valence-corrected chi connectivity index (χ0v) is 18.2. The van der Waals surface area contributed by atoms with Gasteiger partial charge in [0.05, 0.1) is 19.2 Å². The van der Waals surface area contributed by atoms with Gasteiger partial charge in [0.25, 0.3) is 0 Å². The van der Waals surface area contributed by atoms with Gasteiger partial charge in [-0.2, -0.15) is 0 Å². The summed E-state index contributed by atoms with van der Waals surface area (Å²) in [4.78, 5) is 13.3. The van der Waals surface area contributed by atoms with Crippen LogP contribution in [-0.2, 0) is 22.6 Å². The minimum Gasteiger partial charge on any atom is -0.377 e. The fourth-order valence-corrected chi connectivity index (χ4v) is 4.83. The summed E-state index contributed by atoms with van der Waals surface area (Å²) < 4.78 is 7.82. The number of thioether (sulfide) groups is 1. The van der Waals surface area contributed by atoms with Gasteiger partial charge < -0.3 is 14.6 Å². The molecule has 0 bridgehead atoms. The van der Waals surface area contributed by atoms with Gasteiger partial charge in [-0.3, -0.25) is 4.79 Å². The molecule has 8 heteroatoms. The molecule has 0 spiro atoms. The Bertz CT molecular complexity index is 964. The van der Waals surface area contributed by atoms with Crippen molar-refractivity contribution < 1.29 is 9.53 Å². The van der Waals surface area contributed by atoms with Crippen LogP contribution in [0.15, 0.2) is 59.1 Å². The molecule has 1 aliphatic heterocycles. The molecule has 30 heavy (non-hydrogen) atoms. The van der Waals surface area contributed by atoms with Gasteiger partial charge in [0.2, 0.25) is 5.91 Å². The Hall–Kier alpha value is -2.42. The molecule has 0 radical (unpaired) electrons. The van der Waals surface area contributed by atoms with Gasteiger partial charge in [-0.05, 0) is 35.9 Å². The van der Waals surface area contributed by atoms with Crippen LogP contribution in [0.25, 0.3) is 6.08 Å². The number of amides is 1. The van der Waals surface area contributed by atoms with Crippen molar-refractivity contribution in [2.24, 2.45) is 0 Å². The maximum absolute atomic E-state index is 12.2. The number of carbonyl (C=O) groups excluding carboxylic acids is 1. The first-order valence-electron chi connectivity index (χ1n) is 9.98. The summed E-state index contributed by atoms with van der Waals surface area (Å²) in [6.07, 6.45) is 5.87. The molecule has 0 saturated carbocycles. The molecule has 2 aromatic heterocycles. The second-order valence-corrected chi connectivity index (χ2v) is 8.95. The molecule has 1 fully saturated rings. The first-order valence-corrected chi connectivity index (χ1v) is 11.8. The molecule has 156 valence electrons. The number of thiophene rings is 1. The van der Waals surface area contributed by atoms with E-state index in [1.54, 1.807) is 29.2 Å². The van der Waals surface area contributed by atoms with Gasteiger partial charge in [-0.25, -0.2) is 0 Å². The van der Waals surface area contributed by atoms with E-state index in [4.69, 9.17) is 4.74 Å². The lowest BCUT2D eigenvalue weighted by atomic mass is 10.2. The number of rotatable bonds is 9. The summed E-state index contributed by atoms with van der Waals surface area (Å²) in [6.45, 7) is 1.84. The third-order valence-electron chi connectivity index (χ3n) is 4.76. The minimum atomic E-state index is -0.147. The van der Waals surface area contributed by atoms with Crippen LogP contribution in [-0.4, -0.2) is 39.1 Å².